The topological polar surface area (TPSA) is 64.6 Å². The number of aryl methyl sites for hydroxylation is 3. The summed E-state index contributed by atoms with van der Waals surface area (Å²) < 4.78 is 39.7. The van der Waals surface area contributed by atoms with Crippen molar-refractivity contribution in [2.45, 2.75) is 58.4 Å². The van der Waals surface area contributed by atoms with E-state index >= 15 is 0 Å². The predicted molar refractivity (Wildman–Crippen MR) is 113 cm³/mol. The highest BCUT2D eigenvalue weighted by atomic mass is 32.2. The summed E-state index contributed by atoms with van der Waals surface area (Å²) in [6.45, 7) is 11.6. The molecular weight excluding hydrogens is 374 g/mol. The van der Waals surface area contributed by atoms with Crippen LogP contribution in [0.15, 0.2) is 29.2 Å². The number of hydrogen-bond donors (Lipinski definition) is 1. The van der Waals surface area contributed by atoms with E-state index in [1.807, 2.05) is 32.9 Å². The van der Waals surface area contributed by atoms with Crippen LogP contribution in [-0.4, -0.2) is 22.6 Å². The second kappa shape index (κ2) is 8.53. The van der Waals surface area contributed by atoms with E-state index in [4.69, 9.17) is 9.47 Å². The minimum atomic E-state index is -3.69. The van der Waals surface area contributed by atoms with Gasteiger partial charge < -0.3 is 9.47 Å². The number of benzene rings is 2. The molecule has 0 fully saturated rings. The van der Waals surface area contributed by atoms with Gasteiger partial charge in [-0.1, -0.05) is 13.8 Å². The van der Waals surface area contributed by atoms with Gasteiger partial charge in [-0.3, -0.25) is 0 Å². The molecule has 0 bridgehead atoms. The molecule has 2 aromatic rings. The first-order valence-corrected chi connectivity index (χ1v) is 10.9. The highest BCUT2D eigenvalue weighted by molar-refractivity contribution is 7.89. The fourth-order valence-electron chi connectivity index (χ4n) is 3.44. The van der Waals surface area contributed by atoms with Crippen LogP contribution in [0.3, 0.4) is 0 Å². The highest BCUT2D eigenvalue weighted by Crippen LogP contribution is 2.33. The first kappa shape index (κ1) is 22.2. The van der Waals surface area contributed by atoms with Crippen molar-refractivity contribution in [3.63, 3.8) is 0 Å². The summed E-state index contributed by atoms with van der Waals surface area (Å²) in [6.07, 6.45) is 0. The lowest BCUT2D eigenvalue weighted by atomic mass is 9.94. The van der Waals surface area contributed by atoms with Gasteiger partial charge in [0.15, 0.2) is 0 Å². The molecular formula is C22H31NO4S. The summed E-state index contributed by atoms with van der Waals surface area (Å²) >= 11 is 0. The van der Waals surface area contributed by atoms with Crippen LogP contribution in [0.1, 0.15) is 60.5 Å². The lowest BCUT2D eigenvalue weighted by Crippen LogP contribution is -2.28. The van der Waals surface area contributed by atoms with Crippen LogP contribution in [-0.2, 0) is 10.0 Å². The zero-order chi connectivity index (χ0) is 21.2. The van der Waals surface area contributed by atoms with E-state index < -0.39 is 10.0 Å². The van der Waals surface area contributed by atoms with Crippen molar-refractivity contribution < 1.29 is 17.9 Å². The first-order chi connectivity index (χ1) is 13.0. The summed E-state index contributed by atoms with van der Waals surface area (Å²) in [5.74, 6) is 1.77. The van der Waals surface area contributed by atoms with E-state index in [1.165, 1.54) is 0 Å². The maximum atomic E-state index is 13.1. The largest absolute Gasteiger partial charge is 0.496 e. The van der Waals surface area contributed by atoms with E-state index in [0.29, 0.717) is 11.3 Å². The molecule has 0 aliphatic rings. The van der Waals surface area contributed by atoms with Gasteiger partial charge in [-0.25, -0.2) is 13.1 Å². The van der Waals surface area contributed by atoms with E-state index in [2.05, 4.69) is 18.6 Å². The average molecular weight is 406 g/mol. The summed E-state index contributed by atoms with van der Waals surface area (Å²) in [7, 11) is -0.456. The summed E-state index contributed by atoms with van der Waals surface area (Å²) in [6, 6.07) is 7.04. The van der Waals surface area contributed by atoms with E-state index in [1.54, 1.807) is 33.3 Å². The molecule has 5 nitrogen and oxygen atoms in total. The Morgan fingerprint density at radius 1 is 0.786 bits per heavy atom. The third-order valence-electron chi connectivity index (χ3n) is 5.02. The van der Waals surface area contributed by atoms with Gasteiger partial charge in [-0.2, -0.15) is 0 Å². The molecule has 1 N–H and O–H groups in total. The molecule has 0 aliphatic carbocycles. The van der Waals surface area contributed by atoms with Crippen molar-refractivity contribution in [2.75, 3.05) is 14.2 Å². The second-order valence-electron chi connectivity index (χ2n) is 7.54. The molecule has 6 heteroatoms. The Morgan fingerprint density at radius 2 is 1.36 bits per heavy atom. The van der Waals surface area contributed by atoms with Gasteiger partial charge in [0.25, 0.3) is 0 Å². The Hall–Kier alpha value is -2.05. The predicted octanol–water partition coefficient (Wildman–Crippen LogP) is 4.79. The van der Waals surface area contributed by atoms with Gasteiger partial charge in [-0.05, 0) is 85.7 Å². The average Bonchev–Trinajstić information content (AvgIpc) is 2.61. The molecule has 0 radical (unpaired) electrons. The van der Waals surface area contributed by atoms with Gasteiger partial charge in [0, 0.05) is 6.04 Å². The second-order valence-corrected chi connectivity index (χ2v) is 9.22. The summed E-state index contributed by atoms with van der Waals surface area (Å²) in [5.41, 5.74) is 4.42. The molecule has 0 saturated carbocycles. The standard InChI is InChI=1S/C22H31NO4S/c1-13(2)18-12-19(14(3)9-21(18)27-8)17(6)23-28(24,25)22-11-15(4)20(26-7)10-16(22)5/h9-13,17,23H,1-8H3/t17-/m1/s1. The molecule has 0 heterocycles. The van der Waals surface area contributed by atoms with Gasteiger partial charge in [0.05, 0.1) is 19.1 Å². The highest BCUT2D eigenvalue weighted by Gasteiger charge is 2.23. The van der Waals surface area contributed by atoms with Crippen molar-refractivity contribution in [1.29, 1.82) is 0 Å². The van der Waals surface area contributed by atoms with Gasteiger partial charge in [-0.15, -0.1) is 0 Å². The molecule has 0 saturated heterocycles. The molecule has 0 aliphatic heterocycles. The zero-order valence-electron chi connectivity index (χ0n) is 18.0. The van der Waals surface area contributed by atoms with Crippen molar-refractivity contribution in [3.8, 4) is 11.5 Å². The fraction of sp³-hybridized carbons (Fsp3) is 0.455. The molecule has 0 amide bonds. The quantitative estimate of drug-likeness (QED) is 0.719. The smallest absolute Gasteiger partial charge is 0.241 e. The fourth-order valence-corrected chi connectivity index (χ4v) is 4.98. The first-order valence-electron chi connectivity index (χ1n) is 9.37. The normalized spacial score (nSPS) is 12.9. The molecule has 1 atom stereocenters. The van der Waals surface area contributed by atoms with Crippen LogP contribution in [0, 0.1) is 20.8 Å². The van der Waals surface area contributed by atoms with Crippen molar-refractivity contribution >= 4 is 10.0 Å². The van der Waals surface area contributed by atoms with Crippen molar-refractivity contribution in [1.82, 2.24) is 4.72 Å². The molecule has 2 rings (SSSR count). The molecule has 0 aromatic heterocycles. The van der Waals surface area contributed by atoms with Crippen LogP contribution in [0.25, 0.3) is 0 Å². The lowest BCUT2D eigenvalue weighted by Gasteiger charge is -2.21. The SMILES string of the molecule is COc1cc(C)c(S(=O)(=O)N[C@H](C)c2cc(C(C)C)c(OC)cc2C)cc1C. The summed E-state index contributed by atoms with van der Waals surface area (Å²) in [5, 5.41) is 0. The molecule has 28 heavy (non-hydrogen) atoms. The Labute approximate surface area is 169 Å². The Kier molecular flexibility index (Phi) is 6.78. The maximum absolute atomic E-state index is 13.1. The van der Waals surface area contributed by atoms with Gasteiger partial charge >= 0.3 is 0 Å². The van der Waals surface area contributed by atoms with Crippen LogP contribution >= 0.6 is 0 Å². The molecule has 2 aromatic carbocycles. The lowest BCUT2D eigenvalue weighted by molar-refractivity contribution is 0.406. The zero-order valence-corrected chi connectivity index (χ0v) is 18.8. The molecule has 0 spiro atoms. The minimum Gasteiger partial charge on any atom is -0.496 e. The monoisotopic (exact) mass is 405 g/mol. The maximum Gasteiger partial charge on any atom is 0.241 e. The van der Waals surface area contributed by atoms with E-state index in [0.717, 1.165) is 28.0 Å². The number of nitrogens with one attached hydrogen (secondary N) is 1. The minimum absolute atomic E-state index is 0.268. The van der Waals surface area contributed by atoms with E-state index in [-0.39, 0.29) is 16.9 Å². The van der Waals surface area contributed by atoms with Crippen LogP contribution in [0.2, 0.25) is 0 Å². The van der Waals surface area contributed by atoms with Crippen LogP contribution in [0.4, 0.5) is 0 Å². The Balaban J connectivity index is 2.43. The van der Waals surface area contributed by atoms with E-state index in [9.17, 15) is 8.42 Å². The Morgan fingerprint density at radius 3 is 1.89 bits per heavy atom. The number of ether oxygens (including phenoxy) is 2. The van der Waals surface area contributed by atoms with Crippen molar-refractivity contribution in [2.24, 2.45) is 0 Å². The third-order valence-corrected chi connectivity index (χ3v) is 6.70. The van der Waals surface area contributed by atoms with Gasteiger partial charge in [0.2, 0.25) is 10.0 Å². The van der Waals surface area contributed by atoms with Crippen molar-refractivity contribution in [3.05, 3.63) is 52.1 Å². The third kappa shape index (κ3) is 4.50. The van der Waals surface area contributed by atoms with Crippen LogP contribution < -0.4 is 14.2 Å². The van der Waals surface area contributed by atoms with Crippen LogP contribution in [0.5, 0.6) is 11.5 Å². The number of sulfonamides is 1. The summed E-state index contributed by atoms with van der Waals surface area (Å²) in [4.78, 5) is 0.271. The Bertz CT molecular complexity index is 965. The number of hydrogen-bond acceptors (Lipinski definition) is 4. The molecule has 154 valence electrons. The molecule has 0 unspecified atom stereocenters. The van der Waals surface area contributed by atoms with Gasteiger partial charge in [0.1, 0.15) is 11.5 Å². The number of rotatable bonds is 7. The number of methoxy groups -OCH3 is 2.